The number of fused-ring (bicyclic) bond motifs is 1. The van der Waals surface area contributed by atoms with Gasteiger partial charge in [-0.25, -0.2) is 0 Å². The average molecular weight is 333 g/mol. The van der Waals surface area contributed by atoms with Crippen molar-refractivity contribution in [2.24, 2.45) is 0 Å². The Morgan fingerprint density at radius 1 is 1.00 bits per heavy atom. The molecule has 1 aromatic rings. The van der Waals surface area contributed by atoms with Gasteiger partial charge in [-0.3, -0.25) is 4.79 Å². The van der Waals surface area contributed by atoms with E-state index < -0.39 is 0 Å². The summed E-state index contributed by atoms with van der Waals surface area (Å²) in [7, 11) is 0. The third-order valence-electron chi connectivity index (χ3n) is 4.80. The maximum Gasteiger partial charge on any atom is 0.254 e. The predicted octanol–water partition coefficient (Wildman–Crippen LogP) is 2.22. The summed E-state index contributed by atoms with van der Waals surface area (Å²) >= 11 is 0. The van der Waals surface area contributed by atoms with Crippen LogP contribution < -0.4 is 9.47 Å². The highest BCUT2D eigenvalue weighted by molar-refractivity contribution is 5.95. The maximum atomic E-state index is 13.0. The Balaban J connectivity index is 1.50. The topological polar surface area (TPSA) is 57.2 Å². The first kappa shape index (κ1) is 15.7. The van der Waals surface area contributed by atoms with Gasteiger partial charge in [0, 0.05) is 31.9 Å². The number of nitrogens with zero attached hydrogens (tertiary/aromatic N) is 1. The molecule has 4 rings (SSSR count). The Morgan fingerprint density at radius 3 is 2.29 bits per heavy atom. The number of rotatable bonds is 5. The van der Waals surface area contributed by atoms with Crippen molar-refractivity contribution in [3.05, 3.63) is 23.8 Å². The van der Waals surface area contributed by atoms with E-state index in [2.05, 4.69) is 0 Å². The minimum absolute atomic E-state index is 0.000648. The molecule has 6 nitrogen and oxygen atoms in total. The molecule has 130 valence electrons. The highest BCUT2D eigenvalue weighted by Crippen LogP contribution is 2.33. The fourth-order valence-corrected chi connectivity index (χ4v) is 3.52. The predicted molar refractivity (Wildman–Crippen MR) is 86.4 cm³/mol. The minimum atomic E-state index is -0.000648. The van der Waals surface area contributed by atoms with Gasteiger partial charge in [-0.2, -0.15) is 0 Å². The molecule has 3 heterocycles. The molecule has 0 saturated carbocycles. The number of ether oxygens (including phenoxy) is 4. The highest BCUT2D eigenvalue weighted by atomic mass is 16.7. The molecule has 6 heteroatoms. The van der Waals surface area contributed by atoms with Crippen molar-refractivity contribution in [1.29, 1.82) is 0 Å². The molecule has 0 aliphatic carbocycles. The van der Waals surface area contributed by atoms with Crippen LogP contribution >= 0.6 is 0 Å². The second-order valence-corrected chi connectivity index (χ2v) is 6.55. The van der Waals surface area contributed by atoms with Crippen LogP contribution in [0.5, 0.6) is 11.5 Å². The molecule has 1 amide bonds. The van der Waals surface area contributed by atoms with Gasteiger partial charge >= 0.3 is 0 Å². The van der Waals surface area contributed by atoms with E-state index in [1.807, 2.05) is 4.90 Å². The zero-order valence-electron chi connectivity index (χ0n) is 13.7. The third kappa shape index (κ3) is 3.35. The summed E-state index contributed by atoms with van der Waals surface area (Å²) in [6.07, 6.45) is 4.41. The fourth-order valence-electron chi connectivity index (χ4n) is 3.52. The zero-order chi connectivity index (χ0) is 16.4. The molecule has 2 atom stereocenters. The Kier molecular flexibility index (Phi) is 4.58. The first-order valence-corrected chi connectivity index (χ1v) is 8.72. The second kappa shape index (κ2) is 6.99. The van der Waals surface area contributed by atoms with Crippen LogP contribution in [0.4, 0.5) is 0 Å². The molecule has 3 aliphatic rings. The molecule has 0 bridgehead atoms. The quantitative estimate of drug-likeness (QED) is 0.827. The van der Waals surface area contributed by atoms with E-state index in [0.717, 1.165) is 38.9 Å². The normalized spacial score (nSPS) is 25.2. The number of carbonyl (C=O) groups excluding carboxylic acids is 1. The summed E-state index contributed by atoms with van der Waals surface area (Å²) in [5, 5.41) is 0. The van der Waals surface area contributed by atoms with E-state index in [0.29, 0.717) is 30.2 Å². The van der Waals surface area contributed by atoms with Gasteiger partial charge in [0.15, 0.2) is 11.5 Å². The van der Waals surface area contributed by atoms with Crippen LogP contribution in [0.2, 0.25) is 0 Å². The summed E-state index contributed by atoms with van der Waals surface area (Å²) < 4.78 is 22.2. The van der Waals surface area contributed by atoms with Crippen LogP contribution in [0.3, 0.4) is 0 Å². The zero-order valence-corrected chi connectivity index (χ0v) is 13.7. The standard InChI is InChI=1S/C18H23NO5/c20-18(13-5-6-16-17(9-13)24-12-23-16)19(10-14-3-1-7-21-14)11-15-4-2-8-22-15/h5-6,9,14-15H,1-4,7-8,10-12H2/t14-,15-/m0/s1. The summed E-state index contributed by atoms with van der Waals surface area (Å²) in [4.78, 5) is 14.9. The van der Waals surface area contributed by atoms with Crippen LogP contribution in [0, 0.1) is 0 Å². The van der Waals surface area contributed by atoms with Gasteiger partial charge in [0.25, 0.3) is 5.91 Å². The summed E-state index contributed by atoms with van der Waals surface area (Å²) in [6.45, 7) is 3.02. The smallest absolute Gasteiger partial charge is 0.254 e. The molecular weight excluding hydrogens is 310 g/mol. The van der Waals surface area contributed by atoms with Gasteiger partial charge in [-0.15, -0.1) is 0 Å². The van der Waals surface area contributed by atoms with E-state index in [4.69, 9.17) is 18.9 Å². The van der Waals surface area contributed by atoms with Gasteiger partial charge in [0.1, 0.15) is 0 Å². The fraction of sp³-hybridized carbons (Fsp3) is 0.611. The maximum absolute atomic E-state index is 13.0. The van der Waals surface area contributed by atoms with Gasteiger partial charge in [-0.05, 0) is 43.9 Å². The van der Waals surface area contributed by atoms with Gasteiger partial charge in [0.2, 0.25) is 6.79 Å². The number of hydrogen-bond donors (Lipinski definition) is 0. The van der Waals surface area contributed by atoms with Crippen LogP contribution in [-0.2, 0) is 9.47 Å². The van der Waals surface area contributed by atoms with Gasteiger partial charge in [0.05, 0.1) is 12.2 Å². The molecule has 2 fully saturated rings. The minimum Gasteiger partial charge on any atom is -0.454 e. The Labute approximate surface area is 141 Å². The number of hydrogen-bond acceptors (Lipinski definition) is 5. The van der Waals surface area contributed by atoms with Crippen molar-refractivity contribution < 1.29 is 23.7 Å². The molecule has 0 spiro atoms. The van der Waals surface area contributed by atoms with Crippen molar-refractivity contribution in [3.63, 3.8) is 0 Å². The SMILES string of the molecule is O=C(c1ccc2c(c1)OCO2)N(C[C@@H]1CCCO1)C[C@@H]1CCCO1. The Morgan fingerprint density at radius 2 is 1.67 bits per heavy atom. The lowest BCUT2D eigenvalue weighted by atomic mass is 10.1. The van der Waals surface area contributed by atoms with E-state index in [-0.39, 0.29) is 24.9 Å². The Hall–Kier alpha value is -1.79. The molecule has 0 unspecified atom stereocenters. The molecule has 1 aromatic carbocycles. The van der Waals surface area contributed by atoms with E-state index in [1.54, 1.807) is 18.2 Å². The van der Waals surface area contributed by atoms with Crippen LogP contribution in [0.1, 0.15) is 36.0 Å². The molecule has 0 radical (unpaired) electrons. The van der Waals surface area contributed by atoms with Crippen molar-refractivity contribution in [3.8, 4) is 11.5 Å². The first-order valence-electron chi connectivity index (χ1n) is 8.72. The monoisotopic (exact) mass is 333 g/mol. The van der Waals surface area contributed by atoms with Crippen molar-refractivity contribution in [2.45, 2.75) is 37.9 Å². The van der Waals surface area contributed by atoms with E-state index >= 15 is 0 Å². The second-order valence-electron chi connectivity index (χ2n) is 6.55. The summed E-state index contributed by atoms with van der Waals surface area (Å²) in [5.74, 6) is 1.32. The molecular formula is C18H23NO5. The molecule has 0 aromatic heterocycles. The molecule has 24 heavy (non-hydrogen) atoms. The number of amides is 1. The van der Waals surface area contributed by atoms with Crippen molar-refractivity contribution >= 4 is 5.91 Å². The summed E-state index contributed by atoms with van der Waals surface area (Å²) in [5.41, 5.74) is 0.621. The average Bonchev–Trinajstić information content (AvgIpc) is 3.35. The highest BCUT2D eigenvalue weighted by Gasteiger charge is 2.28. The summed E-state index contributed by atoms with van der Waals surface area (Å²) in [6, 6.07) is 5.36. The largest absolute Gasteiger partial charge is 0.454 e. The number of benzene rings is 1. The molecule has 2 saturated heterocycles. The van der Waals surface area contributed by atoms with Crippen LogP contribution in [0.25, 0.3) is 0 Å². The molecule has 0 N–H and O–H groups in total. The lowest BCUT2D eigenvalue weighted by molar-refractivity contribution is 0.0307. The molecule has 3 aliphatic heterocycles. The van der Waals surface area contributed by atoms with Crippen molar-refractivity contribution in [1.82, 2.24) is 4.90 Å². The Bertz CT molecular complexity index is 575. The van der Waals surface area contributed by atoms with E-state index in [9.17, 15) is 4.79 Å². The lowest BCUT2D eigenvalue weighted by Crippen LogP contribution is -2.42. The van der Waals surface area contributed by atoms with Crippen LogP contribution in [-0.4, -0.2) is 56.1 Å². The number of carbonyl (C=O) groups is 1. The van der Waals surface area contributed by atoms with E-state index in [1.165, 1.54) is 0 Å². The lowest BCUT2D eigenvalue weighted by Gasteiger charge is -2.28. The third-order valence-corrected chi connectivity index (χ3v) is 4.80. The van der Waals surface area contributed by atoms with Crippen LogP contribution in [0.15, 0.2) is 18.2 Å². The van der Waals surface area contributed by atoms with Gasteiger partial charge < -0.3 is 23.8 Å². The first-order chi connectivity index (χ1) is 11.8. The van der Waals surface area contributed by atoms with Gasteiger partial charge in [-0.1, -0.05) is 0 Å². The van der Waals surface area contributed by atoms with Crippen molar-refractivity contribution in [2.75, 3.05) is 33.1 Å².